The Bertz CT molecular complexity index is 396. The normalized spacial score (nSPS) is 12.3. The molecule has 0 saturated carbocycles. The lowest BCUT2D eigenvalue weighted by molar-refractivity contribution is -0.118. The summed E-state index contributed by atoms with van der Waals surface area (Å²) in [6, 6.07) is 1.73. The summed E-state index contributed by atoms with van der Waals surface area (Å²) in [5.74, 6) is 0.157. The molecular formula is C12H19N3O3. The van der Waals surface area contributed by atoms with Gasteiger partial charge in [-0.25, -0.2) is 4.98 Å². The second-order valence-electron chi connectivity index (χ2n) is 4.24. The molecule has 0 aromatic carbocycles. The molecule has 1 atom stereocenters. The Morgan fingerprint density at radius 1 is 1.56 bits per heavy atom. The summed E-state index contributed by atoms with van der Waals surface area (Å²) in [7, 11) is 0. The molecule has 0 aliphatic heterocycles. The lowest BCUT2D eigenvalue weighted by Crippen LogP contribution is -2.20. The first-order chi connectivity index (χ1) is 8.52. The molecule has 0 saturated heterocycles. The topological polar surface area (TPSA) is 84.3 Å². The number of nitrogens with zero attached hydrogens (tertiary/aromatic N) is 2. The number of hydrogen-bond acceptors (Lipinski definition) is 5. The molecule has 100 valence electrons. The minimum atomic E-state index is -0.539. The van der Waals surface area contributed by atoms with Gasteiger partial charge in [-0.2, -0.15) is 4.98 Å². The summed E-state index contributed by atoms with van der Waals surface area (Å²) < 4.78 is 5.22. The van der Waals surface area contributed by atoms with E-state index in [-0.39, 0.29) is 24.4 Å². The second kappa shape index (κ2) is 6.90. The van der Waals surface area contributed by atoms with Crippen molar-refractivity contribution in [3.05, 3.63) is 12.3 Å². The van der Waals surface area contributed by atoms with Crippen molar-refractivity contribution < 1.29 is 14.6 Å². The first kappa shape index (κ1) is 14.4. The van der Waals surface area contributed by atoms with E-state index in [9.17, 15) is 9.90 Å². The zero-order valence-corrected chi connectivity index (χ0v) is 10.9. The van der Waals surface area contributed by atoms with E-state index in [1.165, 1.54) is 6.20 Å². The highest BCUT2D eigenvalue weighted by atomic mass is 16.5. The summed E-state index contributed by atoms with van der Waals surface area (Å²) in [5.41, 5.74) is 0. The van der Waals surface area contributed by atoms with Crippen LogP contribution in [0.25, 0.3) is 0 Å². The number of amides is 1. The van der Waals surface area contributed by atoms with E-state index in [2.05, 4.69) is 15.3 Å². The number of ether oxygens (including phenoxy) is 1. The van der Waals surface area contributed by atoms with E-state index in [0.29, 0.717) is 12.2 Å². The van der Waals surface area contributed by atoms with Gasteiger partial charge in [0.25, 0.3) is 0 Å². The molecule has 0 spiro atoms. The van der Waals surface area contributed by atoms with Crippen molar-refractivity contribution in [3.63, 3.8) is 0 Å². The van der Waals surface area contributed by atoms with Crippen LogP contribution in [-0.2, 0) is 4.79 Å². The molecule has 6 nitrogen and oxygen atoms in total. The molecule has 1 aromatic heterocycles. The molecule has 0 radical (unpaired) electrons. The highest BCUT2D eigenvalue weighted by Gasteiger charge is 2.09. The zero-order valence-electron chi connectivity index (χ0n) is 10.9. The minimum absolute atomic E-state index is 0.117. The van der Waals surface area contributed by atoms with E-state index in [1.54, 1.807) is 19.9 Å². The van der Waals surface area contributed by atoms with Gasteiger partial charge < -0.3 is 15.2 Å². The highest BCUT2D eigenvalue weighted by molar-refractivity contribution is 5.91. The molecule has 1 heterocycles. The van der Waals surface area contributed by atoms with E-state index >= 15 is 0 Å². The molecule has 0 unspecified atom stereocenters. The van der Waals surface area contributed by atoms with Crippen LogP contribution in [0.1, 0.15) is 27.2 Å². The standard InChI is InChI=1S/C12H19N3O3/c1-4-9(16)7-18-12-13-6-5-10(15-12)14-11(17)8(2)3/h5-6,8-9,16H,4,7H2,1-3H3,(H,13,14,15,17)/t9-/m1/s1. The molecule has 2 N–H and O–H groups in total. The van der Waals surface area contributed by atoms with Gasteiger partial charge >= 0.3 is 6.01 Å². The van der Waals surface area contributed by atoms with E-state index in [4.69, 9.17) is 4.74 Å². The molecule has 1 aromatic rings. The van der Waals surface area contributed by atoms with E-state index in [0.717, 1.165) is 0 Å². The van der Waals surface area contributed by atoms with Gasteiger partial charge in [-0.05, 0) is 12.5 Å². The maximum Gasteiger partial charge on any atom is 0.318 e. The van der Waals surface area contributed by atoms with Crippen LogP contribution in [0.5, 0.6) is 6.01 Å². The fraction of sp³-hybridized carbons (Fsp3) is 0.583. The van der Waals surface area contributed by atoms with E-state index in [1.807, 2.05) is 6.92 Å². The maximum atomic E-state index is 11.5. The summed E-state index contributed by atoms with van der Waals surface area (Å²) in [6.07, 6.45) is 1.56. The predicted molar refractivity (Wildman–Crippen MR) is 67.3 cm³/mol. The average molecular weight is 253 g/mol. The molecular weight excluding hydrogens is 234 g/mol. The number of nitrogens with one attached hydrogen (secondary N) is 1. The van der Waals surface area contributed by atoms with Crippen LogP contribution in [0.4, 0.5) is 5.82 Å². The largest absolute Gasteiger partial charge is 0.461 e. The van der Waals surface area contributed by atoms with Crippen LogP contribution in [0.2, 0.25) is 0 Å². The van der Waals surface area contributed by atoms with E-state index < -0.39 is 6.10 Å². The number of anilines is 1. The van der Waals surface area contributed by atoms with Gasteiger partial charge in [-0.1, -0.05) is 20.8 Å². The molecule has 1 amide bonds. The van der Waals surface area contributed by atoms with Gasteiger partial charge in [0.05, 0.1) is 6.10 Å². The number of rotatable bonds is 6. The van der Waals surface area contributed by atoms with Crippen LogP contribution >= 0.6 is 0 Å². The fourth-order valence-corrected chi connectivity index (χ4v) is 1.04. The first-order valence-corrected chi connectivity index (χ1v) is 5.97. The number of aliphatic hydroxyl groups is 1. The monoisotopic (exact) mass is 253 g/mol. The quantitative estimate of drug-likeness (QED) is 0.796. The van der Waals surface area contributed by atoms with Crippen molar-refractivity contribution in [2.45, 2.75) is 33.3 Å². The Labute approximate surface area is 106 Å². The smallest absolute Gasteiger partial charge is 0.318 e. The predicted octanol–water partition coefficient (Wildman–Crippen LogP) is 1.22. The van der Waals surface area contributed by atoms with Crippen molar-refractivity contribution >= 4 is 11.7 Å². The lowest BCUT2D eigenvalue weighted by Gasteiger charge is -2.10. The van der Waals surface area contributed by atoms with Gasteiger partial charge in [0.1, 0.15) is 12.4 Å². The van der Waals surface area contributed by atoms with Gasteiger partial charge in [0, 0.05) is 12.1 Å². The van der Waals surface area contributed by atoms with Crippen LogP contribution < -0.4 is 10.1 Å². The Hall–Kier alpha value is -1.69. The van der Waals surface area contributed by atoms with Crippen molar-refractivity contribution in [2.24, 2.45) is 5.92 Å². The third-order valence-corrected chi connectivity index (χ3v) is 2.29. The van der Waals surface area contributed by atoms with Gasteiger partial charge in [-0.3, -0.25) is 4.79 Å². The number of carbonyl (C=O) groups is 1. The van der Waals surface area contributed by atoms with Crippen LogP contribution in [0.3, 0.4) is 0 Å². The molecule has 6 heteroatoms. The lowest BCUT2D eigenvalue weighted by atomic mass is 10.2. The van der Waals surface area contributed by atoms with Crippen LogP contribution in [0, 0.1) is 5.92 Å². The molecule has 0 fully saturated rings. The van der Waals surface area contributed by atoms with Gasteiger partial charge in [0.2, 0.25) is 5.91 Å². The Kier molecular flexibility index (Phi) is 5.51. The van der Waals surface area contributed by atoms with Gasteiger partial charge in [0.15, 0.2) is 0 Å². The Morgan fingerprint density at radius 2 is 2.28 bits per heavy atom. The Morgan fingerprint density at radius 3 is 2.89 bits per heavy atom. The highest BCUT2D eigenvalue weighted by Crippen LogP contribution is 2.09. The molecule has 18 heavy (non-hydrogen) atoms. The molecule has 0 aliphatic carbocycles. The van der Waals surface area contributed by atoms with Gasteiger partial charge in [-0.15, -0.1) is 0 Å². The van der Waals surface area contributed by atoms with Crippen molar-refractivity contribution in [1.82, 2.24) is 9.97 Å². The summed E-state index contributed by atoms with van der Waals surface area (Å²) >= 11 is 0. The number of hydrogen-bond donors (Lipinski definition) is 2. The minimum Gasteiger partial charge on any atom is -0.461 e. The molecule has 1 rings (SSSR count). The second-order valence-corrected chi connectivity index (χ2v) is 4.24. The average Bonchev–Trinajstić information content (AvgIpc) is 2.36. The van der Waals surface area contributed by atoms with Crippen molar-refractivity contribution in [2.75, 3.05) is 11.9 Å². The first-order valence-electron chi connectivity index (χ1n) is 5.97. The van der Waals surface area contributed by atoms with Crippen LogP contribution in [0.15, 0.2) is 12.3 Å². The number of aromatic nitrogens is 2. The van der Waals surface area contributed by atoms with Crippen molar-refractivity contribution in [3.8, 4) is 6.01 Å². The number of aliphatic hydroxyl groups excluding tert-OH is 1. The van der Waals surface area contributed by atoms with Crippen molar-refractivity contribution in [1.29, 1.82) is 0 Å². The SMILES string of the molecule is CC[C@@H](O)COc1nccc(NC(=O)C(C)C)n1. The molecule has 0 aliphatic rings. The summed E-state index contributed by atoms with van der Waals surface area (Å²) in [4.78, 5) is 19.4. The fourth-order valence-electron chi connectivity index (χ4n) is 1.04. The maximum absolute atomic E-state index is 11.5. The Balaban J connectivity index is 2.59. The third-order valence-electron chi connectivity index (χ3n) is 2.29. The summed E-state index contributed by atoms with van der Waals surface area (Å²) in [5, 5.41) is 12.0. The third kappa shape index (κ3) is 4.67. The number of carbonyl (C=O) groups excluding carboxylic acids is 1. The van der Waals surface area contributed by atoms with Crippen LogP contribution in [-0.4, -0.2) is 33.7 Å². The zero-order chi connectivity index (χ0) is 13.5. The summed E-state index contributed by atoms with van der Waals surface area (Å²) in [6.45, 7) is 5.59. The molecule has 0 bridgehead atoms.